The van der Waals surface area contributed by atoms with Gasteiger partial charge in [0.15, 0.2) is 0 Å². The molecule has 0 heterocycles. The van der Waals surface area contributed by atoms with Gasteiger partial charge in [-0.2, -0.15) is 0 Å². The van der Waals surface area contributed by atoms with Crippen LogP contribution in [0.2, 0.25) is 10.0 Å². The second-order valence-corrected chi connectivity index (χ2v) is 12.5. The van der Waals surface area contributed by atoms with Gasteiger partial charge in [0.2, 0.25) is 5.91 Å². The number of nitrogens with one attached hydrogen (secondary N) is 1. The van der Waals surface area contributed by atoms with Gasteiger partial charge in [-0.3, -0.25) is 4.79 Å². The Kier molecular flexibility index (Phi) is 7.43. The molecule has 39 heavy (non-hydrogen) atoms. The maximum atomic E-state index is 13.6. The van der Waals surface area contributed by atoms with Crippen molar-refractivity contribution in [2.75, 3.05) is 5.32 Å². The van der Waals surface area contributed by atoms with E-state index < -0.39 is 0 Å². The number of hydrogen-bond donors (Lipinski definition) is 1. The lowest BCUT2D eigenvalue weighted by atomic mass is 9.43. The standard InChI is InChI=1S/C33H34Cl2N2O2/c1-21(37-39-20-25-7-10-29(34)18-31(25)35)24-8-11-30(12-9-24)36-32(38)19-33(26-5-3-2-4-6-26)27-14-22-13-23(16-27)17-28(33)15-22/h2-12,18,22-23,27-28H,13-17,19-20H2,1H3,(H,36,38)/b37-21+. The number of rotatable bonds is 8. The van der Waals surface area contributed by atoms with Crippen LogP contribution in [0.5, 0.6) is 0 Å². The van der Waals surface area contributed by atoms with Gasteiger partial charge in [-0.1, -0.05) is 76.9 Å². The third kappa shape index (κ3) is 5.34. The Bertz CT molecular complexity index is 1340. The summed E-state index contributed by atoms with van der Waals surface area (Å²) in [6.07, 6.45) is 7.04. The van der Waals surface area contributed by atoms with Gasteiger partial charge in [-0.15, -0.1) is 0 Å². The summed E-state index contributed by atoms with van der Waals surface area (Å²) in [6, 6.07) is 24.0. The number of anilines is 1. The molecule has 0 atom stereocenters. The summed E-state index contributed by atoms with van der Waals surface area (Å²) in [6.45, 7) is 2.15. The van der Waals surface area contributed by atoms with Crippen LogP contribution in [0.1, 0.15) is 62.1 Å². The monoisotopic (exact) mass is 560 g/mol. The second-order valence-electron chi connectivity index (χ2n) is 11.7. The molecule has 0 aromatic heterocycles. The first-order valence-corrected chi connectivity index (χ1v) is 14.7. The van der Waals surface area contributed by atoms with Gasteiger partial charge in [-0.25, -0.2) is 0 Å². The number of oxime groups is 1. The fourth-order valence-corrected chi connectivity index (χ4v) is 8.25. The molecule has 4 fully saturated rings. The topological polar surface area (TPSA) is 50.7 Å². The molecule has 4 bridgehead atoms. The fraction of sp³-hybridized carbons (Fsp3) is 0.394. The third-order valence-electron chi connectivity index (χ3n) is 9.38. The number of carbonyl (C=O) groups excluding carboxylic acids is 1. The SMILES string of the molecule is C/C(=N\OCc1ccc(Cl)cc1Cl)c1ccc(NC(=O)CC2(c3ccccc3)C3CC4CC(C3)CC2C4)cc1. The predicted octanol–water partition coefficient (Wildman–Crippen LogP) is 8.66. The Morgan fingerprint density at radius 2 is 1.59 bits per heavy atom. The lowest BCUT2D eigenvalue weighted by Gasteiger charge is -2.61. The molecule has 4 saturated carbocycles. The average Bonchev–Trinajstić information content (AvgIpc) is 2.92. The highest BCUT2D eigenvalue weighted by Gasteiger charge is 2.58. The normalized spacial score (nSPS) is 27.4. The summed E-state index contributed by atoms with van der Waals surface area (Å²) >= 11 is 12.2. The Labute approximate surface area is 240 Å². The van der Waals surface area contributed by atoms with E-state index in [1.165, 1.54) is 37.7 Å². The summed E-state index contributed by atoms with van der Waals surface area (Å²) in [5.74, 6) is 3.03. The van der Waals surface area contributed by atoms with E-state index in [0.717, 1.165) is 34.4 Å². The van der Waals surface area contributed by atoms with Crippen LogP contribution >= 0.6 is 23.2 Å². The Hall–Kier alpha value is -2.82. The van der Waals surface area contributed by atoms with Crippen LogP contribution in [0.4, 0.5) is 5.69 Å². The van der Waals surface area contributed by atoms with Gasteiger partial charge in [-0.05, 0) is 98.1 Å². The molecular formula is C33H34Cl2N2O2. The third-order valence-corrected chi connectivity index (χ3v) is 9.97. The van der Waals surface area contributed by atoms with E-state index in [1.54, 1.807) is 12.1 Å². The minimum Gasteiger partial charge on any atom is -0.391 e. The van der Waals surface area contributed by atoms with Crippen molar-refractivity contribution in [3.63, 3.8) is 0 Å². The smallest absolute Gasteiger partial charge is 0.225 e. The van der Waals surface area contributed by atoms with E-state index in [1.807, 2.05) is 37.3 Å². The number of benzene rings is 3. The summed E-state index contributed by atoms with van der Waals surface area (Å²) < 4.78 is 0. The van der Waals surface area contributed by atoms with Crippen molar-refractivity contribution in [3.8, 4) is 0 Å². The van der Waals surface area contributed by atoms with E-state index >= 15 is 0 Å². The Morgan fingerprint density at radius 1 is 0.923 bits per heavy atom. The van der Waals surface area contributed by atoms with Crippen LogP contribution in [-0.2, 0) is 21.7 Å². The molecule has 202 valence electrons. The van der Waals surface area contributed by atoms with E-state index in [-0.39, 0.29) is 17.9 Å². The summed E-state index contributed by atoms with van der Waals surface area (Å²) in [5.41, 5.74) is 4.61. The number of nitrogens with zero attached hydrogens (tertiary/aromatic N) is 1. The molecule has 3 aromatic carbocycles. The van der Waals surface area contributed by atoms with E-state index in [4.69, 9.17) is 28.0 Å². The highest BCUT2D eigenvalue weighted by molar-refractivity contribution is 6.35. The van der Waals surface area contributed by atoms with Crippen molar-refractivity contribution in [2.45, 2.75) is 57.5 Å². The molecule has 4 aliphatic carbocycles. The Balaban J connectivity index is 1.12. The average molecular weight is 562 g/mol. The molecular weight excluding hydrogens is 527 g/mol. The van der Waals surface area contributed by atoms with E-state index in [2.05, 4.69) is 40.8 Å². The zero-order valence-electron chi connectivity index (χ0n) is 22.2. The number of carbonyl (C=O) groups is 1. The number of halogens is 2. The van der Waals surface area contributed by atoms with E-state index in [0.29, 0.717) is 28.3 Å². The zero-order chi connectivity index (χ0) is 27.0. The van der Waals surface area contributed by atoms with Crippen molar-refractivity contribution in [3.05, 3.63) is 99.5 Å². The minimum absolute atomic E-state index is 0.0493. The summed E-state index contributed by atoms with van der Waals surface area (Å²) in [5, 5.41) is 8.59. The highest BCUT2D eigenvalue weighted by Crippen LogP contribution is 2.64. The summed E-state index contributed by atoms with van der Waals surface area (Å²) in [4.78, 5) is 19.1. The molecule has 3 aromatic rings. The van der Waals surface area contributed by atoms with Crippen molar-refractivity contribution >= 4 is 40.5 Å². The maximum Gasteiger partial charge on any atom is 0.225 e. The number of hydrogen-bond acceptors (Lipinski definition) is 3. The van der Waals surface area contributed by atoms with Crippen LogP contribution in [0.15, 0.2) is 78.0 Å². The van der Waals surface area contributed by atoms with Crippen LogP contribution in [0.25, 0.3) is 0 Å². The van der Waals surface area contributed by atoms with Crippen molar-refractivity contribution in [1.82, 2.24) is 0 Å². The first-order valence-electron chi connectivity index (χ1n) is 14.0. The lowest BCUT2D eigenvalue weighted by molar-refractivity contribution is -0.124. The van der Waals surface area contributed by atoms with Crippen LogP contribution in [-0.4, -0.2) is 11.6 Å². The van der Waals surface area contributed by atoms with Crippen LogP contribution < -0.4 is 5.32 Å². The van der Waals surface area contributed by atoms with Gasteiger partial charge in [0.1, 0.15) is 6.61 Å². The molecule has 0 unspecified atom stereocenters. The minimum atomic E-state index is -0.0493. The van der Waals surface area contributed by atoms with Crippen LogP contribution in [0.3, 0.4) is 0 Å². The molecule has 0 spiro atoms. The maximum absolute atomic E-state index is 13.6. The van der Waals surface area contributed by atoms with Gasteiger partial charge in [0, 0.05) is 33.1 Å². The molecule has 0 aliphatic heterocycles. The molecule has 6 heteroatoms. The lowest BCUT2D eigenvalue weighted by Crippen LogP contribution is -2.56. The van der Waals surface area contributed by atoms with Crippen molar-refractivity contribution < 1.29 is 9.63 Å². The van der Waals surface area contributed by atoms with Gasteiger partial charge in [0.25, 0.3) is 0 Å². The van der Waals surface area contributed by atoms with Crippen LogP contribution in [0, 0.1) is 23.7 Å². The second kappa shape index (κ2) is 11.0. The van der Waals surface area contributed by atoms with Gasteiger partial charge < -0.3 is 10.2 Å². The van der Waals surface area contributed by atoms with E-state index in [9.17, 15) is 4.79 Å². The summed E-state index contributed by atoms with van der Waals surface area (Å²) in [7, 11) is 0. The number of amides is 1. The molecule has 1 N–H and O–H groups in total. The first-order chi connectivity index (χ1) is 18.9. The van der Waals surface area contributed by atoms with Crippen molar-refractivity contribution in [2.24, 2.45) is 28.8 Å². The largest absolute Gasteiger partial charge is 0.391 e. The quantitative estimate of drug-likeness (QED) is 0.221. The van der Waals surface area contributed by atoms with Gasteiger partial charge >= 0.3 is 0 Å². The highest BCUT2D eigenvalue weighted by atomic mass is 35.5. The molecule has 0 saturated heterocycles. The fourth-order valence-electron chi connectivity index (χ4n) is 7.79. The van der Waals surface area contributed by atoms with Gasteiger partial charge in [0.05, 0.1) is 5.71 Å². The van der Waals surface area contributed by atoms with Crippen molar-refractivity contribution in [1.29, 1.82) is 0 Å². The predicted molar refractivity (Wildman–Crippen MR) is 158 cm³/mol. The molecule has 4 nitrogen and oxygen atoms in total. The molecule has 4 aliphatic rings. The molecule has 0 radical (unpaired) electrons. The Morgan fingerprint density at radius 3 is 2.23 bits per heavy atom. The molecule has 1 amide bonds. The zero-order valence-corrected chi connectivity index (χ0v) is 23.7. The molecule has 7 rings (SSSR count). The first kappa shape index (κ1) is 26.4.